The van der Waals surface area contributed by atoms with Crippen molar-refractivity contribution in [3.05, 3.63) is 34.8 Å². The molecule has 1 aliphatic carbocycles. The summed E-state index contributed by atoms with van der Waals surface area (Å²) in [4.78, 5) is 21.4. The first-order chi connectivity index (χ1) is 14.7. The van der Waals surface area contributed by atoms with Gasteiger partial charge in [0.15, 0.2) is 4.96 Å². The van der Waals surface area contributed by atoms with E-state index < -0.39 is 0 Å². The molecular formula is C23H30N4O2S. The van der Waals surface area contributed by atoms with Crippen molar-refractivity contribution >= 4 is 33.2 Å². The van der Waals surface area contributed by atoms with Crippen LogP contribution >= 0.6 is 11.3 Å². The van der Waals surface area contributed by atoms with Crippen LogP contribution in [-0.2, 0) is 11.3 Å². The maximum atomic E-state index is 13.0. The van der Waals surface area contributed by atoms with Gasteiger partial charge in [-0.2, -0.15) is 0 Å². The van der Waals surface area contributed by atoms with Gasteiger partial charge in [-0.15, -0.1) is 0 Å². The van der Waals surface area contributed by atoms with Crippen LogP contribution in [-0.4, -0.2) is 52.5 Å². The minimum atomic E-state index is 0.125. The number of nitrogens with zero attached hydrogens (tertiary/aromatic N) is 3. The Balaban J connectivity index is 1.29. The van der Waals surface area contributed by atoms with Gasteiger partial charge in [0.25, 0.3) is 5.91 Å². The number of rotatable bonds is 6. The molecule has 2 fully saturated rings. The Kier molecular flexibility index (Phi) is 5.76. The first kappa shape index (κ1) is 20.0. The highest BCUT2D eigenvalue weighted by Gasteiger charge is 2.25. The largest absolute Gasteiger partial charge is 0.377 e. The smallest absolute Gasteiger partial charge is 0.265 e. The number of fused-ring (bicyclic) bond motifs is 3. The Morgan fingerprint density at radius 1 is 1.27 bits per heavy atom. The Bertz CT molecular complexity index is 1030. The van der Waals surface area contributed by atoms with Crippen molar-refractivity contribution in [2.24, 2.45) is 0 Å². The zero-order chi connectivity index (χ0) is 20.5. The molecule has 1 aliphatic heterocycles. The maximum absolute atomic E-state index is 13.0. The van der Waals surface area contributed by atoms with E-state index in [0.29, 0.717) is 12.1 Å². The minimum absolute atomic E-state index is 0.125. The number of hydrogen-bond acceptors (Lipinski definition) is 5. The monoisotopic (exact) mass is 426 g/mol. The molecule has 0 spiro atoms. The summed E-state index contributed by atoms with van der Waals surface area (Å²) in [6.45, 7) is 2.61. The second kappa shape index (κ2) is 8.65. The first-order valence-electron chi connectivity index (χ1n) is 11.2. The number of nitrogens with one attached hydrogen (secondary N) is 1. The van der Waals surface area contributed by atoms with E-state index >= 15 is 0 Å². The molecule has 0 unspecified atom stereocenters. The fourth-order valence-corrected chi connectivity index (χ4v) is 5.74. The van der Waals surface area contributed by atoms with Gasteiger partial charge in [-0.3, -0.25) is 9.20 Å². The summed E-state index contributed by atoms with van der Waals surface area (Å²) in [5.74, 6) is 0.125. The predicted octanol–water partition coefficient (Wildman–Crippen LogP) is 4.22. The number of aromatic nitrogens is 2. The Morgan fingerprint density at radius 3 is 2.93 bits per heavy atom. The van der Waals surface area contributed by atoms with Crippen molar-refractivity contribution in [2.45, 2.75) is 63.6 Å². The third kappa shape index (κ3) is 3.98. The molecule has 3 heterocycles. The molecule has 1 N–H and O–H groups in total. The third-order valence-corrected chi connectivity index (χ3v) is 7.52. The van der Waals surface area contributed by atoms with Gasteiger partial charge in [0.2, 0.25) is 0 Å². The van der Waals surface area contributed by atoms with Crippen LogP contribution in [0.5, 0.6) is 0 Å². The van der Waals surface area contributed by atoms with Crippen molar-refractivity contribution in [2.75, 3.05) is 20.2 Å². The average molecular weight is 427 g/mol. The van der Waals surface area contributed by atoms with E-state index in [1.54, 1.807) is 0 Å². The molecule has 1 aromatic carbocycles. The topological polar surface area (TPSA) is 58.9 Å². The van der Waals surface area contributed by atoms with Crippen molar-refractivity contribution in [1.82, 2.24) is 19.6 Å². The molecule has 1 saturated carbocycles. The van der Waals surface area contributed by atoms with Crippen molar-refractivity contribution < 1.29 is 9.53 Å². The lowest BCUT2D eigenvalue weighted by atomic mass is 9.94. The van der Waals surface area contributed by atoms with Gasteiger partial charge in [-0.1, -0.05) is 36.7 Å². The standard InChI is InChI=1S/C23H30N4O2S/c1-26(17-6-3-2-4-7-17)22(28)21-15-27-20-10-9-16(12-19(20)25-23(27)30-21)13-24-14-18-8-5-11-29-18/h9-10,12,15,17-18,24H,2-8,11,13-14H2,1H3/t18-/m1/s1. The van der Waals surface area contributed by atoms with Crippen LogP contribution in [0.3, 0.4) is 0 Å². The highest BCUT2D eigenvalue weighted by molar-refractivity contribution is 7.18. The molecular weight excluding hydrogens is 396 g/mol. The maximum Gasteiger partial charge on any atom is 0.265 e. The normalized spacial score (nSPS) is 20.4. The summed E-state index contributed by atoms with van der Waals surface area (Å²) in [7, 11) is 1.95. The Hall–Kier alpha value is -1.96. The first-order valence-corrected chi connectivity index (χ1v) is 12.0. The van der Waals surface area contributed by atoms with Crippen LogP contribution in [0.2, 0.25) is 0 Å². The van der Waals surface area contributed by atoms with Gasteiger partial charge in [-0.25, -0.2) is 4.98 Å². The number of carbonyl (C=O) groups excluding carboxylic acids is 1. The summed E-state index contributed by atoms with van der Waals surface area (Å²) >= 11 is 1.49. The summed E-state index contributed by atoms with van der Waals surface area (Å²) < 4.78 is 7.73. The molecule has 2 aliphatic rings. The SMILES string of the molecule is CN(C(=O)c1cn2c(nc3cc(CNC[C@H]4CCCO4)ccc32)s1)C1CCCCC1. The van der Waals surface area contributed by atoms with Crippen LogP contribution in [0.1, 0.15) is 60.2 Å². The van der Waals surface area contributed by atoms with Gasteiger partial charge in [-0.05, 0) is 43.4 Å². The summed E-state index contributed by atoms with van der Waals surface area (Å²) in [6.07, 6.45) is 10.6. The molecule has 3 aromatic rings. The van der Waals surface area contributed by atoms with Gasteiger partial charge in [0.1, 0.15) is 4.88 Å². The lowest BCUT2D eigenvalue weighted by Crippen LogP contribution is -2.37. The zero-order valence-corrected chi connectivity index (χ0v) is 18.4. The van der Waals surface area contributed by atoms with Crippen molar-refractivity contribution in [1.29, 1.82) is 0 Å². The van der Waals surface area contributed by atoms with Crippen LogP contribution in [0.25, 0.3) is 16.0 Å². The summed E-state index contributed by atoms with van der Waals surface area (Å²) in [5, 5.41) is 3.50. The fraction of sp³-hybridized carbons (Fsp3) is 0.565. The van der Waals surface area contributed by atoms with Crippen molar-refractivity contribution in [3.63, 3.8) is 0 Å². The van der Waals surface area contributed by atoms with Crippen LogP contribution in [0.4, 0.5) is 0 Å². The molecule has 6 nitrogen and oxygen atoms in total. The van der Waals surface area contributed by atoms with E-state index in [9.17, 15) is 4.79 Å². The Labute approximate surface area is 181 Å². The molecule has 0 bridgehead atoms. The molecule has 5 rings (SSSR count). The highest BCUT2D eigenvalue weighted by Crippen LogP contribution is 2.28. The minimum Gasteiger partial charge on any atom is -0.377 e. The van der Waals surface area contributed by atoms with Gasteiger partial charge < -0.3 is 15.0 Å². The number of thiazole rings is 1. The molecule has 30 heavy (non-hydrogen) atoms. The van der Waals surface area contributed by atoms with E-state index in [2.05, 4.69) is 27.9 Å². The lowest BCUT2D eigenvalue weighted by molar-refractivity contribution is 0.0701. The summed E-state index contributed by atoms with van der Waals surface area (Å²) in [6, 6.07) is 6.78. The average Bonchev–Trinajstić information content (AvgIpc) is 3.49. The molecule has 1 atom stereocenters. The van der Waals surface area contributed by atoms with Crippen LogP contribution < -0.4 is 5.32 Å². The van der Waals surface area contributed by atoms with E-state index in [4.69, 9.17) is 9.72 Å². The van der Waals surface area contributed by atoms with Gasteiger partial charge in [0.05, 0.1) is 17.1 Å². The van der Waals surface area contributed by atoms with Crippen LogP contribution in [0, 0.1) is 0 Å². The number of carbonyl (C=O) groups is 1. The molecule has 7 heteroatoms. The molecule has 1 saturated heterocycles. The van der Waals surface area contributed by atoms with Gasteiger partial charge >= 0.3 is 0 Å². The third-order valence-electron chi connectivity index (χ3n) is 6.55. The molecule has 0 radical (unpaired) electrons. The van der Waals surface area contributed by atoms with E-state index in [1.165, 1.54) is 42.6 Å². The number of amides is 1. The number of imidazole rings is 1. The van der Waals surface area contributed by atoms with Gasteiger partial charge in [0, 0.05) is 39.0 Å². The quantitative estimate of drug-likeness (QED) is 0.641. The second-order valence-electron chi connectivity index (χ2n) is 8.66. The lowest BCUT2D eigenvalue weighted by Gasteiger charge is -2.30. The molecule has 160 valence electrons. The summed E-state index contributed by atoms with van der Waals surface area (Å²) in [5.41, 5.74) is 3.26. The Morgan fingerprint density at radius 2 is 2.13 bits per heavy atom. The molecule has 2 aromatic heterocycles. The van der Waals surface area contributed by atoms with Crippen LogP contribution in [0.15, 0.2) is 24.4 Å². The number of ether oxygens (including phenoxy) is 1. The second-order valence-corrected chi connectivity index (χ2v) is 9.67. The molecule has 1 amide bonds. The van der Waals surface area contributed by atoms with E-state index in [1.807, 2.05) is 18.1 Å². The van der Waals surface area contributed by atoms with E-state index in [-0.39, 0.29) is 5.91 Å². The fourth-order valence-electron chi connectivity index (χ4n) is 4.76. The highest BCUT2D eigenvalue weighted by atomic mass is 32.1. The van der Waals surface area contributed by atoms with Crippen molar-refractivity contribution in [3.8, 4) is 0 Å². The zero-order valence-electron chi connectivity index (χ0n) is 17.6. The number of benzene rings is 1. The van der Waals surface area contributed by atoms with E-state index in [0.717, 1.165) is 59.8 Å². The number of hydrogen-bond donors (Lipinski definition) is 1. The predicted molar refractivity (Wildman–Crippen MR) is 120 cm³/mol.